The van der Waals surface area contributed by atoms with E-state index in [9.17, 15) is 4.79 Å². The first-order valence-electron chi connectivity index (χ1n) is 10.4. The van der Waals surface area contributed by atoms with E-state index in [1.54, 1.807) is 6.33 Å². The maximum Gasteiger partial charge on any atom is 0.242 e. The molecule has 7 heteroatoms. The first kappa shape index (κ1) is 19.2. The summed E-state index contributed by atoms with van der Waals surface area (Å²) in [6.07, 6.45) is 6.55. The van der Waals surface area contributed by atoms with Crippen LogP contribution >= 0.6 is 0 Å². The summed E-state index contributed by atoms with van der Waals surface area (Å²) in [5.74, 6) is 0.799. The molecule has 0 unspecified atom stereocenters. The first-order valence-corrected chi connectivity index (χ1v) is 10.4. The summed E-state index contributed by atoms with van der Waals surface area (Å²) in [7, 11) is 0. The number of hydrogen-bond donors (Lipinski definition) is 1. The van der Waals surface area contributed by atoms with Gasteiger partial charge in [-0.3, -0.25) is 9.69 Å². The Hall–Kier alpha value is -2.15. The van der Waals surface area contributed by atoms with Crippen molar-refractivity contribution in [3.8, 4) is 0 Å². The zero-order valence-electron chi connectivity index (χ0n) is 17.5. The van der Waals surface area contributed by atoms with Crippen molar-refractivity contribution in [1.29, 1.82) is 0 Å². The van der Waals surface area contributed by atoms with Crippen LogP contribution in [-0.4, -0.2) is 61.4 Å². The number of nitrogens with one attached hydrogen (secondary N) is 1. The molecule has 2 aromatic rings. The van der Waals surface area contributed by atoms with E-state index in [0.717, 1.165) is 56.8 Å². The normalized spacial score (nSPS) is 19.4. The van der Waals surface area contributed by atoms with Gasteiger partial charge in [0.2, 0.25) is 5.91 Å². The van der Waals surface area contributed by atoms with E-state index in [1.807, 2.05) is 29.6 Å². The molecule has 7 nitrogen and oxygen atoms in total. The van der Waals surface area contributed by atoms with Gasteiger partial charge < -0.3 is 14.5 Å². The molecule has 0 aromatic carbocycles. The molecule has 152 valence electrons. The van der Waals surface area contributed by atoms with Crippen molar-refractivity contribution in [3.05, 3.63) is 35.4 Å². The highest BCUT2D eigenvalue weighted by Gasteiger charge is 2.47. The van der Waals surface area contributed by atoms with Crippen molar-refractivity contribution in [2.75, 3.05) is 26.2 Å². The third-order valence-electron chi connectivity index (χ3n) is 6.58. The van der Waals surface area contributed by atoms with Crippen LogP contribution in [0.3, 0.4) is 0 Å². The lowest BCUT2D eigenvalue weighted by molar-refractivity contribution is -0.135. The zero-order chi connectivity index (χ0) is 19.9. The van der Waals surface area contributed by atoms with Gasteiger partial charge in [-0.1, -0.05) is 13.8 Å². The highest BCUT2D eigenvalue weighted by atomic mass is 16.2. The molecular weight excluding hydrogens is 352 g/mol. The third kappa shape index (κ3) is 3.26. The molecule has 2 aromatic heterocycles. The number of piperidine rings is 1. The summed E-state index contributed by atoms with van der Waals surface area (Å²) in [5.41, 5.74) is 4.52. The van der Waals surface area contributed by atoms with Crippen LogP contribution < -0.4 is 0 Å². The summed E-state index contributed by atoms with van der Waals surface area (Å²) in [4.78, 5) is 29.9. The molecule has 1 saturated heterocycles. The zero-order valence-corrected chi connectivity index (χ0v) is 17.5. The Morgan fingerprint density at radius 2 is 1.96 bits per heavy atom. The van der Waals surface area contributed by atoms with Crippen LogP contribution in [0.15, 0.2) is 12.7 Å². The van der Waals surface area contributed by atoms with Gasteiger partial charge in [0.1, 0.15) is 6.54 Å². The Morgan fingerprint density at radius 1 is 1.21 bits per heavy atom. The second-order valence-electron chi connectivity index (χ2n) is 8.78. The predicted molar refractivity (Wildman–Crippen MR) is 108 cm³/mol. The molecule has 0 bridgehead atoms. The van der Waals surface area contributed by atoms with Gasteiger partial charge in [0.25, 0.3) is 0 Å². The Morgan fingerprint density at radius 3 is 2.61 bits per heavy atom. The molecule has 2 aliphatic rings. The van der Waals surface area contributed by atoms with Gasteiger partial charge in [0.05, 0.1) is 29.6 Å². The van der Waals surface area contributed by atoms with Gasteiger partial charge in [-0.25, -0.2) is 9.97 Å². The molecule has 0 aliphatic carbocycles. The average Bonchev–Trinajstić information content (AvgIpc) is 3.27. The van der Waals surface area contributed by atoms with Gasteiger partial charge in [0, 0.05) is 44.0 Å². The van der Waals surface area contributed by atoms with E-state index in [0.29, 0.717) is 12.5 Å². The fourth-order valence-electron chi connectivity index (χ4n) is 4.86. The van der Waals surface area contributed by atoms with Crippen LogP contribution in [-0.2, 0) is 23.3 Å². The van der Waals surface area contributed by atoms with E-state index in [4.69, 9.17) is 4.98 Å². The van der Waals surface area contributed by atoms with Crippen molar-refractivity contribution in [3.63, 3.8) is 0 Å². The quantitative estimate of drug-likeness (QED) is 0.878. The molecule has 1 spiro atoms. The minimum Gasteiger partial charge on any atom is -0.348 e. The number of aryl methyl sites for hydroxylation is 1. The molecule has 1 fully saturated rings. The highest BCUT2D eigenvalue weighted by Crippen LogP contribution is 2.42. The molecule has 1 amide bonds. The summed E-state index contributed by atoms with van der Waals surface area (Å²) in [6.45, 7) is 12.6. The summed E-state index contributed by atoms with van der Waals surface area (Å²) in [6, 6.07) is 0. The lowest BCUT2D eigenvalue weighted by Gasteiger charge is -2.51. The number of aromatic nitrogens is 4. The Kier molecular flexibility index (Phi) is 5.04. The molecule has 4 rings (SSSR count). The maximum absolute atomic E-state index is 12.9. The van der Waals surface area contributed by atoms with E-state index in [1.165, 1.54) is 11.4 Å². The average molecular weight is 385 g/mol. The molecule has 0 radical (unpaired) electrons. The van der Waals surface area contributed by atoms with Crippen molar-refractivity contribution in [1.82, 2.24) is 29.3 Å². The van der Waals surface area contributed by atoms with Crippen LogP contribution in [0, 0.1) is 19.8 Å². The molecule has 28 heavy (non-hydrogen) atoms. The van der Waals surface area contributed by atoms with Gasteiger partial charge in [0.15, 0.2) is 0 Å². The maximum atomic E-state index is 12.9. The van der Waals surface area contributed by atoms with Crippen LogP contribution in [0.2, 0.25) is 0 Å². The third-order valence-corrected chi connectivity index (χ3v) is 6.58. The number of amides is 1. The topological polar surface area (TPSA) is 70.0 Å². The van der Waals surface area contributed by atoms with E-state index in [-0.39, 0.29) is 11.4 Å². The Bertz CT molecular complexity index is 843. The number of carbonyl (C=O) groups excluding carboxylic acids is 1. The SMILES string of the molecule is Cc1ncn(CC(=O)N2CCC3(CC2)c2nc[nH]c2CCN3CC(C)C)c1C. The van der Waals surface area contributed by atoms with E-state index >= 15 is 0 Å². The largest absolute Gasteiger partial charge is 0.348 e. The fraction of sp³-hybridized carbons (Fsp3) is 0.667. The van der Waals surface area contributed by atoms with Gasteiger partial charge >= 0.3 is 0 Å². The van der Waals surface area contributed by atoms with Crippen molar-refractivity contribution < 1.29 is 4.79 Å². The van der Waals surface area contributed by atoms with Crippen molar-refractivity contribution in [2.24, 2.45) is 5.92 Å². The number of imidazole rings is 2. The highest BCUT2D eigenvalue weighted by molar-refractivity contribution is 5.76. The molecule has 0 atom stereocenters. The van der Waals surface area contributed by atoms with Gasteiger partial charge in [-0.15, -0.1) is 0 Å². The number of likely N-dealkylation sites (tertiary alicyclic amines) is 1. The smallest absolute Gasteiger partial charge is 0.242 e. The molecule has 1 N–H and O–H groups in total. The number of rotatable bonds is 4. The second-order valence-corrected chi connectivity index (χ2v) is 8.78. The van der Waals surface area contributed by atoms with Gasteiger partial charge in [-0.2, -0.15) is 0 Å². The Balaban J connectivity index is 1.49. The minimum atomic E-state index is -0.0316. The predicted octanol–water partition coefficient (Wildman–Crippen LogP) is 2.26. The number of H-pyrrole nitrogens is 1. The van der Waals surface area contributed by atoms with E-state index in [2.05, 4.69) is 28.7 Å². The number of carbonyl (C=O) groups is 1. The van der Waals surface area contributed by atoms with Gasteiger partial charge in [-0.05, 0) is 32.6 Å². The van der Waals surface area contributed by atoms with Crippen molar-refractivity contribution in [2.45, 2.75) is 59.0 Å². The molecule has 4 heterocycles. The Labute approximate surface area is 167 Å². The van der Waals surface area contributed by atoms with Crippen LogP contribution in [0.1, 0.15) is 49.5 Å². The number of nitrogens with zero attached hydrogens (tertiary/aromatic N) is 5. The number of fused-ring (bicyclic) bond motifs is 2. The van der Waals surface area contributed by atoms with Crippen molar-refractivity contribution >= 4 is 5.91 Å². The molecule has 0 saturated carbocycles. The summed E-state index contributed by atoms with van der Waals surface area (Å²) in [5, 5.41) is 0. The molecule has 2 aliphatic heterocycles. The fourth-order valence-corrected chi connectivity index (χ4v) is 4.86. The lowest BCUT2D eigenvalue weighted by Crippen LogP contribution is -2.58. The molecular formula is C21H32N6O. The van der Waals surface area contributed by atoms with Crippen LogP contribution in [0.5, 0.6) is 0 Å². The summed E-state index contributed by atoms with van der Waals surface area (Å²) < 4.78 is 1.96. The minimum absolute atomic E-state index is 0.0316. The standard InChI is InChI=1S/C21H32N6O/c1-15(2)11-27-8-5-18-20(23-13-22-18)21(27)6-9-25(10-7-21)19(28)12-26-14-24-16(3)17(26)4/h13-15H,5-12H2,1-4H3,(H,22,23). The lowest BCUT2D eigenvalue weighted by atomic mass is 9.78. The van der Waals surface area contributed by atoms with Crippen LogP contribution in [0.25, 0.3) is 0 Å². The first-order chi connectivity index (χ1) is 13.4. The monoisotopic (exact) mass is 384 g/mol. The van der Waals surface area contributed by atoms with E-state index < -0.39 is 0 Å². The summed E-state index contributed by atoms with van der Waals surface area (Å²) >= 11 is 0. The van der Waals surface area contributed by atoms with Crippen LogP contribution in [0.4, 0.5) is 0 Å². The number of hydrogen-bond acceptors (Lipinski definition) is 4. The second kappa shape index (κ2) is 7.35. The number of aromatic amines is 1.